The highest BCUT2D eigenvalue weighted by Gasteiger charge is 2.42. The van der Waals surface area contributed by atoms with E-state index in [1.165, 1.54) is 12.1 Å². The van der Waals surface area contributed by atoms with E-state index in [1.807, 2.05) is 0 Å². The summed E-state index contributed by atoms with van der Waals surface area (Å²) in [5.74, 6) is -1.12. The normalized spacial score (nSPS) is 16.5. The van der Waals surface area contributed by atoms with Crippen LogP contribution in [0.25, 0.3) is 0 Å². The van der Waals surface area contributed by atoms with Gasteiger partial charge in [-0.25, -0.2) is 4.79 Å². The first kappa shape index (κ1) is 15.9. The summed E-state index contributed by atoms with van der Waals surface area (Å²) in [6.07, 6.45) is 2.46. The predicted octanol–water partition coefficient (Wildman–Crippen LogP) is 2.89. The van der Waals surface area contributed by atoms with Crippen LogP contribution in [0.4, 0.5) is 0 Å². The number of hydrogen-bond acceptors (Lipinski definition) is 3. The first-order valence-electron chi connectivity index (χ1n) is 6.55. The lowest BCUT2D eigenvalue weighted by molar-refractivity contribution is -0.147. The molecule has 0 saturated heterocycles. The van der Waals surface area contributed by atoms with Crippen LogP contribution in [0, 0.1) is 0 Å². The Kier molecular flexibility index (Phi) is 4.96. The van der Waals surface area contributed by atoms with Gasteiger partial charge in [0.2, 0.25) is 0 Å². The molecule has 21 heavy (non-hydrogen) atoms. The molecule has 0 heterocycles. The fraction of sp³-hybridized carbons (Fsp3) is 0.429. The number of aliphatic carboxylic acids is 1. The van der Waals surface area contributed by atoms with Crippen LogP contribution in [-0.2, 0) is 9.59 Å². The molecule has 0 bridgehead atoms. The van der Waals surface area contributed by atoms with Crippen molar-refractivity contribution in [3.8, 4) is 5.75 Å². The molecule has 2 N–H and O–H groups in total. The monoisotopic (exact) mass is 331 g/mol. The van der Waals surface area contributed by atoms with E-state index in [-0.39, 0.29) is 6.61 Å². The van der Waals surface area contributed by atoms with E-state index in [0.717, 1.165) is 12.8 Å². The second-order valence-corrected chi connectivity index (χ2v) is 5.91. The molecule has 1 fully saturated rings. The third-order valence-electron chi connectivity index (χ3n) is 3.45. The average Bonchev–Trinajstić information content (AvgIpc) is 2.85. The van der Waals surface area contributed by atoms with E-state index >= 15 is 0 Å². The Morgan fingerprint density at radius 2 is 1.76 bits per heavy atom. The summed E-state index contributed by atoms with van der Waals surface area (Å²) in [6.45, 7) is -0.286. The number of carbonyl (C=O) groups excluding carboxylic acids is 1. The minimum atomic E-state index is -1.16. The number of rotatable bonds is 5. The number of benzene rings is 1. The van der Waals surface area contributed by atoms with Gasteiger partial charge < -0.3 is 15.2 Å². The number of carbonyl (C=O) groups is 2. The van der Waals surface area contributed by atoms with Gasteiger partial charge in [0.05, 0.1) is 0 Å². The molecule has 1 aromatic rings. The van der Waals surface area contributed by atoms with E-state index < -0.39 is 17.4 Å². The quantitative estimate of drug-likeness (QED) is 0.869. The molecule has 0 aromatic heterocycles. The van der Waals surface area contributed by atoms with Gasteiger partial charge >= 0.3 is 5.97 Å². The molecular weight excluding hydrogens is 317 g/mol. The van der Waals surface area contributed by atoms with E-state index in [0.29, 0.717) is 28.6 Å². The number of carboxylic acid groups (broad SMARTS) is 1. The predicted molar refractivity (Wildman–Crippen MR) is 78.9 cm³/mol. The molecule has 0 unspecified atom stereocenters. The molecule has 5 nitrogen and oxygen atoms in total. The molecule has 0 aliphatic heterocycles. The van der Waals surface area contributed by atoms with E-state index in [2.05, 4.69) is 5.32 Å². The molecule has 7 heteroatoms. The highest BCUT2D eigenvalue weighted by Crippen LogP contribution is 2.30. The van der Waals surface area contributed by atoms with Crippen molar-refractivity contribution in [1.29, 1.82) is 0 Å². The van der Waals surface area contributed by atoms with Crippen molar-refractivity contribution in [3.05, 3.63) is 28.2 Å². The Bertz CT molecular complexity index is 536. The zero-order chi connectivity index (χ0) is 15.5. The van der Waals surface area contributed by atoms with Gasteiger partial charge in [0, 0.05) is 10.0 Å². The summed E-state index contributed by atoms with van der Waals surface area (Å²) in [6, 6.07) is 4.61. The van der Waals surface area contributed by atoms with Gasteiger partial charge in [-0.15, -0.1) is 0 Å². The maximum atomic E-state index is 11.9. The Labute approximate surface area is 132 Å². The number of hydrogen-bond donors (Lipinski definition) is 2. The maximum absolute atomic E-state index is 11.9. The number of amides is 1. The highest BCUT2D eigenvalue weighted by atomic mass is 35.5. The van der Waals surface area contributed by atoms with Crippen molar-refractivity contribution < 1.29 is 19.4 Å². The lowest BCUT2D eigenvalue weighted by atomic mass is 9.98. The van der Waals surface area contributed by atoms with E-state index in [1.54, 1.807) is 6.07 Å². The summed E-state index contributed by atoms with van der Waals surface area (Å²) >= 11 is 11.6. The fourth-order valence-electron chi connectivity index (χ4n) is 2.43. The molecule has 1 amide bonds. The van der Waals surface area contributed by atoms with Gasteiger partial charge in [0.1, 0.15) is 11.3 Å². The lowest BCUT2D eigenvalue weighted by Crippen LogP contribution is -2.53. The smallest absolute Gasteiger partial charge is 0.329 e. The van der Waals surface area contributed by atoms with E-state index in [4.69, 9.17) is 27.9 Å². The molecule has 0 radical (unpaired) electrons. The number of halogens is 2. The Balaban J connectivity index is 1.94. The zero-order valence-corrected chi connectivity index (χ0v) is 12.7. The Morgan fingerprint density at radius 1 is 1.19 bits per heavy atom. The first-order valence-corrected chi connectivity index (χ1v) is 7.30. The van der Waals surface area contributed by atoms with Gasteiger partial charge in [0.25, 0.3) is 5.91 Å². The van der Waals surface area contributed by atoms with Crippen LogP contribution in [0.3, 0.4) is 0 Å². The number of carboxylic acids is 1. The second kappa shape index (κ2) is 6.54. The Morgan fingerprint density at radius 3 is 2.29 bits per heavy atom. The average molecular weight is 332 g/mol. The summed E-state index contributed by atoms with van der Waals surface area (Å²) in [5.41, 5.74) is -1.16. The molecule has 0 spiro atoms. The van der Waals surface area contributed by atoms with Crippen LogP contribution >= 0.6 is 23.2 Å². The van der Waals surface area contributed by atoms with Crippen LogP contribution in [-0.4, -0.2) is 29.1 Å². The highest BCUT2D eigenvalue weighted by molar-refractivity contribution is 6.34. The largest absolute Gasteiger partial charge is 0.484 e. The van der Waals surface area contributed by atoms with Crippen LogP contribution < -0.4 is 10.1 Å². The van der Waals surface area contributed by atoms with Crippen LogP contribution in [0.15, 0.2) is 18.2 Å². The first-order chi connectivity index (χ1) is 9.91. The van der Waals surface area contributed by atoms with Crippen molar-refractivity contribution in [2.45, 2.75) is 31.2 Å². The summed E-state index contributed by atoms with van der Waals surface area (Å²) < 4.78 is 5.29. The zero-order valence-electron chi connectivity index (χ0n) is 11.2. The van der Waals surface area contributed by atoms with Crippen molar-refractivity contribution in [1.82, 2.24) is 5.32 Å². The minimum absolute atomic E-state index is 0.286. The minimum Gasteiger partial charge on any atom is -0.484 e. The van der Waals surface area contributed by atoms with Crippen molar-refractivity contribution in [2.24, 2.45) is 0 Å². The standard InChI is InChI=1S/C14H15Cl2NO4/c15-9-5-10(16)7-11(6-9)21-8-12(18)17-14(13(19)20)3-1-2-4-14/h5-7H,1-4,8H2,(H,17,18)(H,19,20). The van der Waals surface area contributed by atoms with Gasteiger partial charge in [0.15, 0.2) is 6.61 Å². The molecule has 1 aliphatic carbocycles. The Hall–Kier alpha value is -1.46. The summed E-state index contributed by atoms with van der Waals surface area (Å²) in [7, 11) is 0. The molecule has 2 rings (SSSR count). The summed E-state index contributed by atoms with van der Waals surface area (Å²) in [4.78, 5) is 23.2. The van der Waals surface area contributed by atoms with Gasteiger partial charge in [-0.2, -0.15) is 0 Å². The molecular formula is C14H15Cl2NO4. The van der Waals surface area contributed by atoms with Crippen molar-refractivity contribution in [3.63, 3.8) is 0 Å². The van der Waals surface area contributed by atoms with Gasteiger partial charge in [-0.05, 0) is 31.0 Å². The van der Waals surface area contributed by atoms with Gasteiger partial charge in [-0.3, -0.25) is 4.79 Å². The maximum Gasteiger partial charge on any atom is 0.329 e. The topological polar surface area (TPSA) is 75.6 Å². The molecule has 1 aromatic carbocycles. The van der Waals surface area contributed by atoms with Gasteiger partial charge in [-0.1, -0.05) is 36.0 Å². The summed E-state index contributed by atoms with van der Waals surface area (Å²) in [5, 5.41) is 12.6. The van der Waals surface area contributed by atoms with Crippen molar-refractivity contribution in [2.75, 3.05) is 6.61 Å². The third-order valence-corrected chi connectivity index (χ3v) is 3.89. The molecule has 1 saturated carbocycles. The number of ether oxygens (including phenoxy) is 1. The molecule has 0 atom stereocenters. The lowest BCUT2D eigenvalue weighted by Gasteiger charge is -2.25. The van der Waals surface area contributed by atoms with Crippen LogP contribution in [0.1, 0.15) is 25.7 Å². The van der Waals surface area contributed by atoms with Crippen LogP contribution in [0.2, 0.25) is 10.0 Å². The number of nitrogens with one attached hydrogen (secondary N) is 1. The molecule has 1 aliphatic rings. The van der Waals surface area contributed by atoms with Crippen molar-refractivity contribution >= 4 is 35.1 Å². The SMILES string of the molecule is O=C(COc1cc(Cl)cc(Cl)c1)NC1(C(=O)O)CCCC1. The fourth-order valence-corrected chi connectivity index (χ4v) is 2.94. The molecule has 114 valence electrons. The van der Waals surface area contributed by atoms with E-state index in [9.17, 15) is 14.7 Å². The second-order valence-electron chi connectivity index (χ2n) is 5.04. The third kappa shape index (κ3) is 4.02. The van der Waals surface area contributed by atoms with Crippen LogP contribution in [0.5, 0.6) is 5.75 Å².